The second-order valence-corrected chi connectivity index (χ2v) is 5.71. The number of nitrogens with zero attached hydrogens (tertiary/aromatic N) is 1. The molecule has 0 spiro atoms. The Labute approximate surface area is 133 Å². The summed E-state index contributed by atoms with van der Waals surface area (Å²) < 4.78 is 1.02. The second-order valence-electron chi connectivity index (χ2n) is 4.86. The van der Waals surface area contributed by atoms with Crippen LogP contribution in [0.3, 0.4) is 0 Å². The van der Waals surface area contributed by atoms with Crippen molar-refractivity contribution in [1.29, 1.82) is 0 Å². The third-order valence-corrected chi connectivity index (χ3v) is 4.15. The van der Waals surface area contributed by atoms with Gasteiger partial charge in [0, 0.05) is 21.9 Å². The fourth-order valence-corrected chi connectivity index (χ4v) is 2.42. The molecule has 3 aromatic rings. The standard InChI is InChI=1S/C18H15BrN2/c1-13-11-18(20-12-16(13)19)21-17-10-6-5-9-15(17)14-7-3-2-4-8-14/h2-12H,1H3,(H,20,21). The van der Waals surface area contributed by atoms with Crippen molar-refractivity contribution in [3.8, 4) is 11.1 Å². The summed E-state index contributed by atoms with van der Waals surface area (Å²) in [6.45, 7) is 2.06. The number of aromatic nitrogens is 1. The number of pyridine rings is 1. The minimum atomic E-state index is 0.846. The number of rotatable bonds is 3. The van der Waals surface area contributed by atoms with Gasteiger partial charge in [-0.25, -0.2) is 4.98 Å². The average Bonchev–Trinajstić information content (AvgIpc) is 2.52. The maximum absolute atomic E-state index is 4.41. The van der Waals surface area contributed by atoms with Gasteiger partial charge in [0.2, 0.25) is 0 Å². The molecule has 1 aromatic heterocycles. The summed E-state index contributed by atoms with van der Waals surface area (Å²) in [6, 6.07) is 20.6. The predicted octanol–water partition coefficient (Wildman–Crippen LogP) is 5.56. The molecule has 2 aromatic carbocycles. The highest BCUT2D eigenvalue weighted by Crippen LogP contribution is 2.30. The minimum Gasteiger partial charge on any atom is -0.340 e. The van der Waals surface area contributed by atoms with Gasteiger partial charge in [0.05, 0.1) is 0 Å². The Morgan fingerprint density at radius 3 is 2.43 bits per heavy atom. The number of halogens is 1. The SMILES string of the molecule is Cc1cc(Nc2ccccc2-c2ccccc2)ncc1Br. The molecule has 3 heteroatoms. The Hall–Kier alpha value is -2.13. The van der Waals surface area contributed by atoms with Gasteiger partial charge in [-0.1, -0.05) is 48.5 Å². The van der Waals surface area contributed by atoms with Crippen LogP contribution in [0.4, 0.5) is 11.5 Å². The van der Waals surface area contributed by atoms with E-state index in [1.807, 2.05) is 42.6 Å². The third kappa shape index (κ3) is 3.14. The first-order chi connectivity index (χ1) is 10.2. The van der Waals surface area contributed by atoms with Crippen LogP contribution in [0.5, 0.6) is 0 Å². The molecule has 0 aliphatic heterocycles. The number of hydrogen-bond donors (Lipinski definition) is 1. The van der Waals surface area contributed by atoms with Gasteiger partial charge >= 0.3 is 0 Å². The van der Waals surface area contributed by atoms with E-state index in [-0.39, 0.29) is 0 Å². The highest BCUT2D eigenvalue weighted by atomic mass is 79.9. The summed E-state index contributed by atoms with van der Waals surface area (Å²) in [7, 11) is 0. The highest BCUT2D eigenvalue weighted by molar-refractivity contribution is 9.10. The lowest BCUT2D eigenvalue weighted by molar-refractivity contribution is 1.25. The van der Waals surface area contributed by atoms with Crippen molar-refractivity contribution in [1.82, 2.24) is 4.98 Å². The van der Waals surface area contributed by atoms with Crippen molar-refractivity contribution >= 4 is 27.4 Å². The number of hydrogen-bond acceptors (Lipinski definition) is 2. The number of benzene rings is 2. The predicted molar refractivity (Wildman–Crippen MR) is 91.8 cm³/mol. The van der Waals surface area contributed by atoms with Crippen LogP contribution in [-0.4, -0.2) is 4.98 Å². The van der Waals surface area contributed by atoms with E-state index in [1.165, 1.54) is 11.1 Å². The minimum absolute atomic E-state index is 0.846. The monoisotopic (exact) mass is 338 g/mol. The molecule has 0 atom stereocenters. The molecule has 0 aliphatic rings. The van der Waals surface area contributed by atoms with E-state index in [0.717, 1.165) is 21.5 Å². The van der Waals surface area contributed by atoms with Crippen molar-refractivity contribution in [2.24, 2.45) is 0 Å². The Morgan fingerprint density at radius 1 is 0.952 bits per heavy atom. The van der Waals surface area contributed by atoms with E-state index >= 15 is 0 Å². The second kappa shape index (κ2) is 6.10. The van der Waals surface area contributed by atoms with E-state index in [1.54, 1.807) is 0 Å². The van der Waals surface area contributed by atoms with Gasteiger partial charge in [0.1, 0.15) is 5.82 Å². The van der Waals surface area contributed by atoms with Crippen LogP contribution >= 0.6 is 15.9 Å². The summed E-state index contributed by atoms with van der Waals surface area (Å²) >= 11 is 3.48. The number of aryl methyl sites for hydroxylation is 1. The third-order valence-electron chi connectivity index (χ3n) is 3.32. The maximum Gasteiger partial charge on any atom is 0.130 e. The molecular weight excluding hydrogens is 324 g/mol. The summed E-state index contributed by atoms with van der Waals surface area (Å²) in [4.78, 5) is 4.41. The quantitative estimate of drug-likeness (QED) is 0.675. The number of nitrogens with one attached hydrogen (secondary N) is 1. The molecule has 3 rings (SSSR count). The normalized spacial score (nSPS) is 10.4. The van der Waals surface area contributed by atoms with E-state index in [0.29, 0.717) is 0 Å². The fraction of sp³-hybridized carbons (Fsp3) is 0.0556. The molecule has 0 aliphatic carbocycles. The van der Waals surface area contributed by atoms with Gasteiger partial charge in [0.15, 0.2) is 0 Å². The van der Waals surface area contributed by atoms with Gasteiger partial charge in [-0.2, -0.15) is 0 Å². The molecule has 0 unspecified atom stereocenters. The van der Waals surface area contributed by atoms with E-state index in [2.05, 4.69) is 57.4 Å². The molecule has 2 nitrogen and oxygen atoms in total. The topological polar surface area (TPSA) is 24.9 Å². The Kier molecular flexibility index (Phi) is 4.02. The Balaban J connectivity index is 1.98. The highest BCUT2D eigenvalue weighted by Gasteiger charge is 2.06. The molecule has 104 valence electrons. The first kappa shape index (κ1) is 13.8. The lowest BCUT2D eigenvalue weighted by atomic mass is 10.0. The van der Waals surface area contributed by atoms with Gasteiger partial charge < -0.3 is 5.32 Å². The van der Waals surface area contributed by atoms with Crippen molar-refractivity contribution in [2.45, 2.75) is 6.92 Å². The summed E-state index contributed by atoms with van der Waals surface area (Å²) in [5.74, 6) is 0.846. The first-order valence-electron chi connectivity index (χ1n) is 6.77. The zero-order valence-corrected chi connectivity index (χ0v) is 13.3. The van der Waals surface area contributed by atoms with Crippen LogP contribution in [0.2, 0.25) is 0 Å². The maximum atomic E-state index is 4.41. The molecule has 0 saturated carbocycles. The van der Waals surface area contributed by atoms with E-state index in [4.69, 9.17) is 0 Å². The average molecular weight is 339 g/mol. The van der Waals surface area contributed by atoms with Gasteiger partial charge in [-0.15, -0.1) is 0 Å². The lowest BCUT2D eigenvalue weighted by Crippen LogP contribution is -1.96. The molecule has 1 heterocycles. The largest absolute Gasteiger partial charge is 0.340 e. The zero-order valence-electron chi connectivity index (χ0n) is 11.7. The Bertz CT molecular complexity index is 754. The lowest BCUT2D eigenvalue weighted by Gasteiger charge is -2.12. The molecule has 0 bridgehead atoms. The first-order valence-corrected chi connectivity index (χ1v) is 7.57. The van der Waals surface area contributed by atoms with Gasteiger partial charge in [-0.05, 0) is 46.1 Å². The molecule has 0 radical (unpaired) electrons. The molecular formula is C18H15BrN2. The van der Waals surface area contributed by atoms with Crippen molar-refractivity contribution in [3.05, 3.63) is 76.9 Å². The molecule has 0 saturated heterocycles. The van der Waals surface area contributed by atoms with Crippen LogP contribution in [0.1, 0.15) is 5.56 Å². The summed E-state index contributed by atoms with van der Waals surface area (Å²) in [6.07, 6.45) is 1.82. The van der Waals surface area contributed by atoms with Crippen LogP contribution in [-0.2, 0) is 0 Å². The number of anilines is 2. The van der Waals surface area contributed by atoms with Crippen LogP contribution in [0.15, 0.2) is 71.3 Å². The summed E-state index contributed by atoms with van der Waals surface area (Å²) in [5, 5.41) is 3.41. The van der Waals surface area contributed by atoms with Crippen molar-refractivity contribution in [3.63, 3.8) is 0 Å². The molecule has 1 N–H and O–H groups in total. The van der Waals surface area contributed by atoms with E-state index in [9.17, 15) is 0 Å². The smallest absolute Gasteiger partial charge is 0.130 e. The fourth-order valence-electron chi connectivity index (χ4n) is 2.21. The van der Waals surface area contributed by atoms with Crippen molar-refractivity contribution in [2.75, 3.05) is 5.32 Å². The molecule has 0 fully saturated rings. The number of para-hydroxylation sites is 1. The van der Waals surface area contributed by atoms with Crippen molar-refractivity contribution < 1.29 is 0 Å². The van der Waals surface area contributed by atoms with Crippen LogP contribution < -0.4 is 5.32 Å². The van der Waals surface area contributed by atoms with Crippen LogP contribution in [0, 0.1) is 6.92 Å². The molecule has 21 heavy (non-hydrogen) atoms. The Morgan fingerprint density at radius 2 is 1.67 bits per heavy atom. The molecule has 0 amide bonds. The summed E-state index contributed by atoms with van der Waals surface area (Å²) in [5.41, 5.74) is 4.57. The van der Waals surface area contributed by atoms with Gasteiger partial charge in [0.25, 0.3) is 0 Å². The zero-order chi connectivity index (χ0) is 14.7. The van der Waals surface area contributed by atoms with Gasteiger partial charge in [-0.3, -0.25) is 0 Å². The van der Waals surface area contributed by atoms with E-state index < -0.39 is 0 Å². The van der Waals surface area contributed by atoms with Crippen LogP contribution in [0.25, 0.3) is 11.1 Å².